The zero-order chi connectivity index (χ0) is 20.7. The molecule has 0 saturated heterocycles. The van der Waals surface area contributed by atoms with E-state index in [1.807, 2.05) is 30.3 Å². The van der Waals surface area contributed by atoms with Crippen molar-refractivity contribution in [3.8, 4) is 11.3 Å². The van der Waals surface area contributed by atoms with Crippen molar-refractivity contribution in [1.82, 2.24) is 14.5 Å². The zero-order valence-electron chi connectivity index (χ0n) is 16.4. The average molecular weight is 421 g/mol. The van der Waals surface area contributed by atoms with Crippen LogP contribution in [0.3, 0.4) is 0 Å². The predicted octanol–water partition coefficient (Wildman–Crippen LogP) is 5.33. The maximum atomic E-state index is 13.6. The predicted molar refractivity (Wildman–Crippen MR) is 115 cm³/mol. The first-order chi connectivity index (χ1) is 14.7. The Bertz CT molecular complexity index is 1140. The van der Waals surface area contributed by atoms with Crippen LogP contribution in [0, 0.1) is 5.82 Å². The van der Waals surface area contributed by atoms with Gasteiger partial charge in [-0.3, -0.25) is 4.90 Å². The van der Waals surface area contributed by atoms with Crippen LogP contribution in [0.4, 0.5) is 9.18 Å². The van der Waals surface area contributed by atoms with E-state index in [0.29, 0.717) is 6.61 Å². The smallest absolute Gasteiger partial charge is 0.414 e. The Morgan fingerprint density at radius 2 is 2.03 bits per heavy atom. The van der Waals surface area contributed by atoms with Crippen molar-refractivity contribution in [3.63, 3.8) is 0 Å². The summed E-state index contributed by atoms with van der Waals surface area (Å²) in [6, 6.07) is 14.0. The molecule has 0 fully saturated rings. The van der Waals surface area contributed by atoms with E-state index in [2.05, 4.69) is 4.57 Å². The molecule has 0 aliphatic carbocycles. The van der Waals surface area contributed by atoms with Crippen molar-refractivity contribution in [2.24, 2.45) is 0 Å². The van der Waals surface area contributed by atoms with Gasteiger partial charge in [-0.1, -0.05) is 36.0 Å². The number of carbonyl (C=O) groups is 1. The molecule has 0 bridgehead atoms. The second-order valence-corrected chi connectivity index (χ2v) is 8.15. The van der Waals surface area contributed by atoms with E-state index in [4.69, 9.17) is 9.72 Å². The van der Waals surface area contributed by atoms with Gasteiger partial charge in [0, 0.05) is 24.1 Å². The molecular formula is C23H20FN3O2S. The molecule has 7 heteroatoms. The molecule has 0 saturated carbocycles. The van der Waals surface area contributed by atoms with Crippen molar-refractivity contribution < 1.29 is 13.9 Å². The number of nitrogens with zero attached hydrogens (tertiary/aromatic N) is 3. The number of carbonyl (C=O) groups excluding carboxylic acids is 1. The molecule has 0 radical (unpaired) electrons. The Labute approximate surface area is 178 Å². The van der Waals surface area contributed by atoms with Crippen molar-refractivity contribution in [1.29, 1.82) is 0 Å². The number of aromatic nitrogens is 2. The van der Waals surface area contributed by atoms with Gasteiger partial charge >= 0.3 is 6.09 Å². The molecule has 2 aliphatic heterocycles. The number of hydrogen-bond acceptors (Lipinski definition) is 4. The van der Waals surface area contributed by atoms with Crippen LogP contribution in [0.15, 0.2) is 59.9 Å². The number of hydrogen-bond donors (Lipinski definition) is 0. The minimum absolute atomic E-state index is 0.291. The van der Waals surface area contributed by atoms with Crippen LogP contribution in [0.1, 0.15) is 29.8 Å². The SMILES string of the molecule is CCOC(=O)N1C=Cc2ccccc2C1c1c(-c2ccc(F)cc2)nc2n1CCS2. The molecule has 30 heavy (non-hydrogen) atoms. The number of fused-ring (bicyclic) bond motifs is 2. The third-order valence-electron chi connectivity index (χ3n) is 5.36. The molecule has 1 unspecified atom stereocenters. The van der Waals surface area contributed by atoms with Gasteiger partial charge in [-0.15, -0.1) is 0 Å². The van der Waals surface area contributed by atoms with Crippen molar-refractivity contribution >= 4 is 23.9 Å². The highest BCUT2D eigenvalue weighted by Crippen LogP contribution is 2.43. The lowest BCUT2D eigenvalue weighted by atomic mass is 9.92. The Morgan fingerprint density at radius 1 is 1.23 bits per heavy atom. The van der Waals surface area contributed by atoms with Crippen LogP contribution in [0.5, 0.6) is 0 Å². The Hall–Kier alpha value is -3.06. The minimum Gasteiger partial charge on any atom is -0.449 e. The highest BCUT2D eigenvalue weighted by molar-refractivity contribution is 7.99. The van der Waals surface area contributed by atoms with Gasteiger partial charge in [-0.2, -0.15) is 0 Å². The first-order valence-corrected chi connectivity index (χ1v) is 10.9. The number of amides is 1. The number of thioether (sulfide) groups is 1. The lowest BCUT2D eigenvalue weighted by molar-refractivity contribution is 0.113. The number of imidazole rings is 1. The van der Waals surface area contributed by atoms with Crippen LogP contribution in [-0.2, 0) is 11.3 Å². The van der Waals surface area contributed by atoms with Gasteiger partial charge in [-0.05, 0) is 48.4 Å². The number of rotatable bonds is 3. The van der Waals surface area contributed by atoms with Crippen LogP contribution in [-0.4, -0.2) is 32.9 Å². The Morgan fingerprint density at radius 3 is 2.83 bits per heavy atom. The Balaban J connectivity index is 1.73. The molecule has 1 amide bonds. The summed E-state index contributed by atoms with van der Waals surface area (Å²) >= 11 is 1.69. The van der Waals surface area contributed by atoms with Crippen LogP contribution in [0.2, 0.25) is 0 Å². The quantitative estimate of drug-likeness (QED) is 0.574. The molecule has 5 rings (SSSR count). The molecule has 3 aromatic rings. The largest absolute Gasteiger partial charge is 0.449 e. The van der Waals surface area contributed by atoms with Crippen molar-refractivity contribution in [2.45, 2.75) is 24.7 Å². The summed E-state index contributed by atoms with van der Waals surface area (Å²) in [6.07, 6.45) is 3.30. The monoisotopic (exact) mass is 421 g/mol. The fourth-order valence-electron chi connectivity index (χ4n) is 4.05. The molecular weight excluding hydrogens is 401 g/mol. The topological polar surface area (TPSA) is 47.4 Å². The molecule has 2 aliphatic rings. The second-order valence-electron chi connectivity index (χ2n) is 7.09. The zero-order valence-corrected chi connectivity index (χ0v) is 17.2. The fourth-order valence-corrected chi connectivity index (χ4v) is 5.01. The first kappa shape index (κ1) is 18.9. The highest BCUT2D eigenvalue weighted by atomic mass is 32.2. The second kappa shape index (κ2) is 7.65. The lowest BCUT2D eigenvalue weighted by Gasteiger charge is -2.33. The highest BCUT2D eigenvalue weighted by Gasteiger charge is 2.37. The third kappa shape index (κ3) is 3.10. The number of ether oxygens (including phenoxy) is 1. The molecule has 2 aromatic carbocycles. The lowest BCUT2D eigenvalue weighted by Crippen LogP contribution is -2.35. The molecule has 0 N–H and O–H groups in total. The van der Waals surface area contributed by atoms with E-state index in [1.165, 1.54) is 12.1 Å². The average Bonchev–Trinajstić information content (AvgIpc) is 3.35. The van der Waals surface area contributed by atoms with E-state index < -0.39 is 6.09 Å². The van der Waals surface area contributed by atoms with Gasteiger partial charge < -0.3 is 9.30 Å². The Kier molecular flexibility index (Phi) is 4.83. The van der Waals surface area contributed by atoms with Gasteiger partial charge in [0.25, 0.3) is 0 Å². The summed E-state index contributed by atoms with van der Waals surface area (Å²) in [7, 11) is 0. The van der Waals surface area contributed by atoms with Crippen LogP contribution < -0.4 is 0 Å². The molecule has 0 spiro atoms. The summed E-state index contributed by atoms with van der Waals surface area (Å²) < 4.78 is 21.1. The standard InChI is InChI=1S/C23H20FN3O2S/c1-2-29-23(28)27-12-11-15-5-3-4-6-18(15)20(27)21-19(16-7-9-17(24)10-8-16)25-22-26(21)13-14-30-22/h3-12,20H,2,13-14H2,1H3. The maximum absolute atomic E-state index is 13.6. The molecule has 1 atom stereocenters. The molecule has 1 aromatic heterocycles. The summed E-state index contributed by atoms with van der Waals surface area (Å²) in [6.45, 7) is 2.90. The van der Waals surface area contributed by atoms with Crippen molar-refractivity contribution in [2.75, 3.05) is 12.4 Å². The minimum atomic E-state index is -0.403. The fraction of sp³-hybridized carbons (Fsp3) is 0.217. The summed E-state index contributed by atoms with van der Waals surface area (Å²) in [5, 5.41) is 0.917. The summed E-state index contributed by atoms with van der Waals surface area (Å²) in [4.78, 5) is 19.4. The number of benzene rings is 2. The van der Waals surface area contributed by atoms with E-state index in [0.717, 1.165) is 45.5 Å². The van der Waals surface area contributed by atoms with Crippen molar-refractivity contribution in [3.05, 3.63) is 77.4 Å². The maximum Gasteiger partial charge on any atom is 0.414 e. The van der Waals surface area contributed by atoms with E-state index >= 15 is 0 Å². The molecule has 152 valence electrons. The van der Waals surface area contributed by atoms with Gasteiger partial charge in [0.2, 0.25) is 0 Å². The molecule has 5 nitrogen and oxygen atoms in total. The van der Waals surface area contributed by atoms with E-state index in [1.54, 1.807) is 41.9 Å². The van der Waals surface area contributed by atoms with Gasteiger partial charge in [0.15, 0.2) is 5.16 Å². The third-order valence-corrected chi connectivity index (χ3v) is 6.31. The van der Waals surface area contributed by atoms with Gasteiger partial charge in [0.1, 0.15) is 11.9 Å². The normalized spacial score (nSPS) is 17.0. The first-order valence-electron chi connectivity index (χ1n) is 9.88. The molecule has 3 heterocycles. The van der Waals surface area contributed by atoms with E-state index in [9.17, 15) is 9.18 Å². The van der Waals surface area contributed by atoms with Crippen LogP contribution in [0.25, 0.3) is 17.3 Å². The summed E-state index contributed by atoms with van der Waals surface area (Å²) in [5.74, 6) is 0.642. The van der Waals surface area contributed by atoms with Gasteiger partial charge in [-0.25, -0.2) is 14.2 Å². The number of halogens is 1. The van der Waals surface area contributed by atoms with E-state index in [-0.39, 0.29) is 11.9 Å². The van der Waals surface area contributed by atoms with Gasteiger partial charge in [0.05, 0.1) is 18.0 Å². The summed E-state index contributed by atoms with van der Waals surface area (Å²) in [5.41, 5.74) is 4.57. The van der Waals surface area contributed by atoms with Crippen LogP contribution >= 0.6 is 11.8 Å².